The molecule has 0 spiro atoms. The lowest BCUT2D eigenvalue weighted by Crippen LogP contribution is -2.44. The van der Waals surface area contributed by atoms with E-state index in [4.69, 9.17) is 21.1 Å². The third-order valence-electron chi connectivity index (χ3n) is 5.74. The summed E-state index contributed by atoms with van der Waals surface area (Å²) in [6.07, 6.45) is 2.57. The van der Waals surface area contributed by atoms with Crippen molar-refractivity contribution in [2.24, 2.45) is 0 Å². The summed E-state index contributed by atoms with van der Waals surface area (Å²) in [5.74, 6) is 1.79. The average Bonchev–Trinajstić information content (AvgIpc) is 2.86. The number of hydrogen-bond acceptors (Lipinski definition) is 8. The Morgan fingerprint density at radius 2 is 1.77 bits per heavy atom. The van der Waals surface area contributed by atoms with Crippen LogP contribution in [0.3, 0.4) is 0 Å². The van der Waals surface area contributed by atoms with E-state index in [1.807, 2.05) is 18.2 Å². The van der Waals surface area contributed by atoms with E-state index in [9.17, 15) is 4.39 Å². The van der Waals surface area contributed by atoms with Gasteiger partial charge in [0, 0.05) is 56.4 Å². The molecule has 0 atom stereocenters. The Bertz CT molecular complexity index is 1130. The molecule has 2 heterocycles. The molecule has 1 saturated heterocycles. The molecule has 10 heteroatoms. The number of piperazine rings is 1. The lowest BCUT2D eigenvalue weighted by molar-refractivity contribution is 0.145. The summed E-state index contributed by atoms with van der Waals surface area (Å²) >= 11 is 5.86. The van der Waals surface area contributed by atoms with E-state index in [1.165, 1.54) is 12.1 Å². The number of hydrogen-bond donors (Lipinski definition) is 2. The first kappa shape index (κ1) is 25.0. The second kappa shape index (κ2) is 12.0. The van der Waals surface area contributed by atoms with Crippen LogP contribution in [0.4, 0.5) is 27.5 Å². The van der Waals surface area contributed by atoms with Gasteiger partial charge in [-0.3, -0.25) is 0 Å². The Hall–Kier alpha value is -3.14. The molecule has 1 aliphatic rings. The van der Waals surface area contributed by atoms with Crippen LogP contribution in [0, 0.1) is 5.82 Å². The topological polar surface area (TPSA) is 74.8 Å². The minimum Gasteiger partial charge on any atom is -0.493 e. The third kappa shape index (κ3) is 7.17. The molecule has 0 aliphatic carbocycles. The fraction of sp³-hybridized carbons (Fsp3) is 0.360. The molecule has 2 aromatic carbocycles. The fourth-order valence-corrected chi connectivity index (χ4v) is 3.93. The molecule has 1 aromatic heterocycles. The van der Waals surface area contributed by atoms with Crippen LogP contribution >= 0.6 is 11.6 Å². The maximum Gasteiger partial charge on any atom is 0.229 e. The summed E-state index contributed by atoms with van der Waals surface area (Å²) in [6.45, 7) is 6.03. The molecule has 8 nitrogen and oxygen atoms in total. The lowest BCUT2D eigenvalue weighted by atomic mass is 10.2. The molecule has 0 saturated carbocycles. The SMILES string of the molecule is COc1ccc(Nc2nccc(Nc3ccc(F)c(Cl)c3)n2)cc1OCCCN1CCN(C)CC1. The summed E-state index contributed by atoms with van der Waals surface area (Å²) in [5.41, 5.74) is 1.39. The van der Waals surface area contributed by atoms with Gasteiger partial charge in [0.15, 0.2) is 11.5 Å². The van der Waals surface area contributed by atoms with Crippen molar-refractivity contribution in [2.45, 2.75) is 6.42 Å². The van der Waals surface area contributed by atoms with Crippen LogP contribution in [-0.2, 0) is 0 Å². The van der Waals surface area contributed by atoms with E-state index in [-0.39, 0.29) is 5.02 Å². The molecule has 186 valence electrons. The first-order valence-electron chi connectivity index (χ1n) is 11.5. The van der Waals surface area contributed by atoms with Gasteiger partial charge < -0.3 is 29.9 Å². The molecule has 0 unspecified atom stereocenters. The van der Waals surface area contributed by atoms with E-state index in [0.717, 1.165) is 44.8 Å². The molecule has 0 amide bonds. The first-order chi connectivity index (χ1) is 17.0. The smallest absolute Gasteiger partial charge is 0.229 e. The van der Waals surface area contributed by atoms with Crippen LogP contribution in [0.5, 0.6) is 11.5 Å². The molecule has 3 aromatic rings. The highest BCUT2D eigenvalue weighted by Crippen LogP contribution is 2.31. The standard InChI is InChI=1S/C25H30ClFN6O2/c1-32-11-13-33(14-12-32)10-3-15-35-23-17-19(5-7-22(23)34-2)30-25-28-9-8-24(31-25)29-18-4-6-21(27)20(26)16-18/h4-9,16-17H,3,10-15H2,1-2H3,(H2,28,29,30,31). The largest absolute Gasteiger partial charge is 0.493 e. The fourth-order valence-electron chi connectivity index (χ4n) is 3.75. The summed E-state index contributed by atoms with van der Waals surface area (Å²) < 4.78 is 24.9. The summed E-state index contributed by atoms with van der Waals surface area (Å²) in [6, 6.07) is 11.7. The first-order valence-corrected chi connectivity index (χ1v) is 11.9. The zero-order valence-electron chi connectivity index (χ0n) is 19.9. The molecular formula is C25H30ClFN6O2. The number of anilines is 4. The third-order valence-corrected chi connectivity index (χ3v) is 6.03. The summed E-state index contributed by atoms with van der Waals surface area (Å²) in [5, 5.41) is 6.33. The summed E-state index contributed by atoms with van der Waals surface area (Å²) in [7, 11) is 3.78. The van der Waals surface area contributed by atoms with Crippen molar-refractivity contribution in [1.82, 2.24) is 19.8 Å². The molecule has 1 aliphatic heterocycles. The van der Waals surface area contributed by atoms with Crippen LogP contribution in [0.2, 0.25) is 5.02 Å². The van der Waals surface area contributed by atoms with Crippen molar-refractivity contribution in [3.63, 3.8) is 0 Å². The zero-order valence-corrected chi connectivity index (χ0v) is 20.7. The minimum absolute atomic E-state index is 0.0386. The quantitative estimate of drug-likeness (QED) is 0.385. The molecule has 0 radical (unpaired) electrons. The van der Waals surface area contributed by atoms with Gasteiger partial charge in [0.25, 0.3) is 0 Å². The van der Waals surface area contributed by atoms with Crippen molar-refractivity contribution < 1.29 is 13.9 Å². The van der Waals surface area contributed by atoms with Gasteiger partial charge in [-0.05, 0) is 49.9 Å². The average molecular weight is 501 g/mol. The van der Waals surface area contributed by atoms with E-state index >= 15 is 0 Å². The molecular weight excluding hydrogens is 471 g/mol. The number of likely N-dealkylation sites (N-methyl/N-ethyl adjacent to an activating group) is 1. The number of halogens is 2. The maximum atomic E-state index is 13.4. The molecule has 35 heavy (non-hydrogen) atoms. The van der Waals surface area contributed by atoms with Crippen molar-refractivity contribution in [1.29, 1.82) is 0 Å². The lowest BCUT2D eigenvalue weighted by Gasteiger charge is -2.32. The van der Waals surface area contributed by atoms with Gasteiger partial charge in [0.05, 0.1) is 18.7 Å². The van der Waals surface area contributed by atoms with Crippen molar-refractivity contribution in [3.05, 3.63) is 59.5 Å². The number of nitrogens with one attached hydrogen (secondary N) is 2. The van der Waals surface area contributed by atoms with Crippen LogP contribution in [0.1, 0.15) is 6.42 Å². The Kier molecular flexibility index (Phi) is 8.57. The van der Waals surface area contributed by atoms with E-state index in [1.54, 1.807) is 25.4 Å². The van der Waals surface area contributed by atoms with Gasteiger partial charge in [-0.1, -0.05) is 11.6 Å². The van der Waals surface area contributed by atoms with Gasteiger partial charge in [-0.2, -0.15) is 4.98 Å². The Morgan fingerprint density at radius 3 is 2.54 bits per heavy atom. The molecule has 2 N–H and O–H groups in total. The highest BCUT2D eigenvalue weighted by molar-refractivity contribution is 6.31. The van der Waals surface area contributed by atoms with Gasteiger partial charge in [0.1, 0.15) is 11.6 Å². The Morgan fingerprint density at radius 1 is 1.00 bits per heavy atom. The second-order valence-electron chi connectivity index (χ2n) is 8.36. The van der Waals surface area contributed by atoms with Crippen molar-refractivity contribution in [2.75, 3.05) is 64.1 Å². The van der Waals surface area contributed by atoms with Crippen LogP contribution in [0.25, 0.3) is 0 Å². The molecule has 4 rings (SSSR count). The number of ether oxygens (including phenoxy) is 2. The van der Waals surface area contributed by atoms with E-state index in [2.05, 4.69) is 37.4 Å². The van der Waals surface area contributed by atoms with Gasteiger partial charge in [-0.15, -0.1) is 0 Å². The molecule has 1 fully saturated rings. The number of methoxy groups -OCH3 is 1. The predicted octanol–water partition coefficient (Wildman–Crippen LogP) is 4.78. The zero-order chi connectivity index (χ0) is 24.6. The monoisotopic (exact) mass is 500 g/mol. The Balaban J connectivity index is 1.35. The number of benzene rings is 2. The normalized spacial score (nSPS) is 14.5. The predicted molar refractivity (Wildman–Crippen MR) is 137 cm³/mol. The van der Waals surface area contributed by atoms with Crippen molar-refractivity contribution in [3.8, 4) is 11.5 Å². The minimum atomic E-state index is -0.473. The summed E-state index contributed by atoms with van der Waals surface area (Å²) in [4.78, 5) is 13.6. The maximum absolute atomic E-state index is 13.4. The highest BCUT2D eigenvalue weighted by Gasteiger charge is 2.13. The van der Waals surface area contributed by atoms with Gasteiger partial charge in [-0.25, -0.2) is 9.37 Å². The van der Waals surface area contributed by atoms with Gasteiger partial charge in [0.2, 0.25) is 5.95 Å². The number of nitrogens with zero attached hydrogens (tertiary/aromatic N) is 4. The Labute approximate surface area is 210 Å². The van der Waals surface area contributed by atoms with Gasteiger partial charge >= 0.3 is 0 Å². The number of rotatable bonds is 10. The van der Waals surface area contributed by atoms with Crippen LogP contribution < -0.4 is 20.1 Å². The van der Waals surface area contributed by atoms with E-state index in [0.29, 0.717) is 35.6 Å². The number of aromatic nitrogens is 2. The highest BCUT2D eigenvalue weighted by atomic mass is 35.5. The van der Waals surface area contributed by atoms with Crippen LogP contribution in [-0.4, -0.2) is 73.3 Å². The van der Waals surface area contributed by atoms with E-state index < -0.39 is 5.82 Å². The second-order valence-corrected chi connectivity index (χ2v) is 8.76. The molecule has 0 bridgehead atoms. The van der Waals surface area contributed by atoms with Crippen molar-refractivity contribution >= 4 is 34.7 Å². The van der Waals surface area contributed by atoms with Crippen LogP contribution in [0.15, 0.2) is 48.7 Å².